The van der Waals surface area contributed by atoms with Crippen LogP contribution in [0.2, 0.25) is 0 Å². The van der Waals surface area contributed by atoms with Crippen LogP contribution in [0.5, 0.6) is 0 Å². The van der Waals surface area contributed by atoms with Crippen molar-refractivity contribution in [2.24, 2.45) is 0 Å². The van der Waals surface area contributed by atoms with E-state index in [0.717, 1.165) is 0 Å². The normalized spacial score (nSPS) is 1.50. The molecule has 0 nitrogen and oxygen atoms in total. The van der Waals surface area contributed by atoms with E-state index in [0.29, 0.717) is 0 Å². The molecule has 4 heteroatoms. The van der Waals surface area contributed by atoms with Crippen LogP contribution in [0.15, 0.2) is 0 Å². The third kappa shape index (κ3) is 8.91. The molecule has 0 aliphatic heterocycles. The molecule has 29 valence electrons. The number of hydrogen-bond acceptors (Lipinski definition) is 2. The van der Waals surface area contributed by atoms with E-state index in [4.69, 9.17) is 0 Å². The Morgan fingerprint density at radius 3 is 1.00 bits per heavy atom. The van der Waals surface area contributed by atoms with Gasteiger partial charge in [-0.15, -0.1) is 23.3 Å². The molecule has 0 aromatic carbocycles. The van der Waals surface area contributed by atoms with Crippen LogP contribution >= 0.6 is 23.3 Å². The summed E-state index contributed by atoms with van der Waals surface area (Å²) in [5.41, 5.74) is 0. The van der Waals surface area contributed by atoms with Crippen LogP contribution in [0.1, 0.15) is 0 Å². The fourth-order valence-corrected chi connectivity index (χ4v) is 0. The molecule has 0 bridgehead atoms. The van der Waals surface area contributed by atoms with Crippen molar-refractivity contribution in [3.05, 3.63) is 0 Å². The zero-order valence-corrected chi connectivity index (χ0v) is 6.53. The Morgan fingerprint density at radius 1 is 1.00 bits per heavy atom. The summed E-state index contributed by atoms with van der Waals surface area (Å²) in [6, 6.07) is 0. The third-order valence-electron chi connectivity index (χ3n) is 0. The number of hydrogen-bond donors (Lipinski definition) is 2. The topological polar surface area (TPSA) is 0 Å². The van der Waals surface area contributed by atoms with Gasteiger partial charge in [0.15, 0.2) is 0 Å². The van der Waals surface area contributed by atoms with E-state index < -0.39 is 0 Å². The summed E-state index contributed by atoms with van der Waals surface area (Å²) in [6.07, 6.45) is 0. The SMILES string of the molecule is SS.[Ag].[Ti]. The third-order valence-corrected chi connectivity index (χ3v) is 0. The van der Waals surface area contributed by atoms with E-state index in [9.17, 15) is 0 Å². The summed E-state index contributed by atoms with van der Waals surface area (Å²) in [7, 11) is 0. The van der Waals surface area contributed by atoms with Crippen LogP contribution < -0.4 is 0 Å². The van der Waals surface area contributed by atoms with Crippen molar-refractivity contribution in [1.29, 1.82) is 0 Å². The van der Waals surface area contributed by atoms with Crippen molar-refractivity contribution in [1.82, 2.24) is 0 Å². The summed E-state index contributed by atoms with van der Waals surface area (Å²) in [6.45, 7) is 0. The zero-order valence-electron chi connectivity index (χ0n) is 1.70. The monoisotopic (exact) mass is 221 g/mol. The Balaban J connectivity index is -0.00000000500. The maximum atomic E-state index is 3.22. The van der Waals surface area contributed by atoms with Crippen molar-refractivity contribution < 1.29 is 44.1 Å². The molecule has 0 saturated heterocycles. The Bertz CT molecular complexity index is 6.00. The first-order chi connectivity index (χ1) is 1.00. The molecule has 0 aliphatic carbocycles. The molecule has 0 amide bonds. The van der Waals surface area contributed by atoms with Gasteiger partial charge in [-0.1, -0.05) is 0 Å². The first kappa shape index (κ1) is 16.4. The van der Waals surface area contributed by atoms with Gasteiger partial charge in [-0.05, 0) is 0 Å². The van der Waals surface area contributed by atoms with Crippen LogP contribution in [0, 0.1) is 0 Å². The van der Waals surface area contributed by atoms with Crippen molar-refractivity contribution in [2.45, 2.75) is 0 Å². The van der Waals surface area contributed by atoms with Crippen molar-refractivity contribution in [3.63, 3.8) is 0 Å². The minimum Gasteiger partial charge on any atom is -0.115 e. The standard InChI is InChI=1S/Ag.H2S2.Ti/c;1-2;/h;1-2H;. The van der Waals surface area contributed by atoms with Gasteiger partial charge in [-0.3, -0.25) is 0 Å². The van der Waals surface area contributed by atoms with Gasteiger partial charge in [0, 0.05) is 44.1 Å². The summed E-state index contributed by atoms with van der Waals surface area (Å²) in [5, 5.41) is 0. The second-order valence-electron chi connectivity index (χ2n) is 0. The summed E-state index contributed by atoms with van der Waals surface area (Å²) < 4.78 is 0. The average molecular weight is 222 g/mol. The molecule has 1 radical (unpaired) electrons. The summed E-state index contributed by atoms with van der Waals surface area (Å²) in [4.78, 5) is 0. The molecule has 0 atom stereocenters. The van der Waals surface area contributed by atoms with Crippen molar-refractivity contribution in [3.8, 4) is 0 Å². The first-order valence-electron chi connectivity index (χ1n) is 0.200. The van der Waals surface area contributed by atoms with Gasteiger partial charge in [0.1, 0.15) is 0 Å². The molecule has 0 aliphatic rings. The minimum atomic E-state index is 0. The van der Waals surface area contributed by atoms with E-state index in [2.05, 4.69) is 23.3 Å². The molecule has 0 fully saturated rings. The maximum Gasteiger partial charge on any atom is 0 e. The van der Waals surface area contributed by atoms with Gasteiger partial charge >= 0.3 is 0 Å². The van der Waals surface area contributed by atoms with E-state index in [-0.39, 0.29) is 44.1 Å². The van der Waals surface area contributed by atoms with Gasteiger partial charge < -0.3 is 0 Å². The molecule has 0 saturated carbocycles. The number of rotatable bonds is 0. The molecule has 0 heterocycles. The van der Waals surface area contributed by atoms with Crippen LogP contribution in [-0.4, -0.2) is 0 Å². The fourth-order valence-electron chi connectivity index (χ4n) is 0. The molecular formula is H2AgS2Ti. The molecular weight excluding hydrogens is 220 g/mol. The second-order valence-corrected chi connectivity index (χ2v) is 0. The quantitative estimate of drug-likeness (QED) is 0.337. The summed E-state index contributed by atoms with van der Waals surface area (Å²) >= 11 is 6.44. The van der Waals surface area contributed by atoms with E-state index in [1.807, 2.05) is 0 Å². The fraction of sp³-hybridized carbons (Fsp3) is 0. The Hall–Kier alpha value is 2.15. The van der Waals surface area contributed by atoms with Crippen LogP contribution in [0.3, 0.4) is 0 Å². The number of thiol groups is 2. The Morgan fingerprint density at radius 2 is 1.00 bits per heavy atom. The average Bonchev–Trinajstić information content (AvgIpc) is 1.00. The molecule has 0 aromatic heterocycles. The molecule has 4 heavy (non-hydrogen) atoms. The molecule has 0 N–H and O–H groups in total. The maximum absolute atomic E-state index is 3.22. The zero-order chi connectivity index (χ0) is 2.00. The van der Waals surface area contributed by atoms with E-state index in [1.54, 1.807) is 0 Å². The summed E-state index contributed by atoms with van der Waals surface area (Å²) in [5.74, 6) is 0. The van der Waals surface area contributed by atoms with Gasteiger partial charge in [0.25, 0.3) is 0 Å². The Kier molecular flexibility index (Phi) is 78.7. The van der Waals surface area contributed by atoms with Crippen molar-refractivity contribution in [2.75, 3.05) is 0 Å². The first-order valence-corrected chi connectivity index (χ1v) is 1.80. The van der Waals surface area contributed by atoms with Gasteiger partial charge in [-0.2, -0.15) is 0 Å². The van der Waals surface area contributed by atoms with E-state index in [1.165, 1.54) is 0 Å². The van der Waals surface area contributed by atoms with E-state index >= 15 is 0 Å². The molecule has 0 rings (SSSR count). The smallest absolute Gasteiger partial charge is 0 e. The van der Waals surface area contributed by atoms with Crippen LogP contribution in [0.4, 0.5) is 0 Å². The van der Waals surface area contributed by atoms with Crippen LogP contribution in [0.25, 0.3) is 0 Å². The van der Waals surface area contributed by atoms with Gasteiger partial charge in [0.2, 0.25) is 0 Å². The van der Waals surface area contributed by atoms with Crippen LogP contribution in [-0.2, 0) is 44.1 Å². The molecule has 0 aromatic rings. The predicted molar refractivity (Wildman–Crippen MR) is 18.0 cm³/mol. The minimum absolute atomic E-state index is 0. The molecule has 0 spiro atoms. The molecule has 0 unspecified atom stereocenters. The largest absolute Gasteiger partial charge is 0.115 e. The predicted octanol–water partition coefficient (Wildman–Crippen LogP) is 0.756. The van der Waals surface area contributed by atoms with Gasteiger partial charge in [-0.25, -0.2) is 0 Å². The van der Waals surface area contributed by atoms with Crippen molar-refractivity contribution >= 4 is 23.3 Å². The second kappa shape index (κ2) is 19.2. The van der Waals surface area contributed by atoms with Gasteiger partial charge in [0.05, 0.1) is 0 Å². The Labute approximate surface area is 66.7 Å².